The molecule has 2 rings (SSSR count). The monoisotopic (exact) mass is 350 g/mol. The zero-order chi connectivity index (χ0) is 17.3. The number of hydrogen-bond acceptors (Lipinski definition) is 5. The summed E-state index contributed by atoms with van der Waals surface area (Å²) in [4.78, 5) is 11.8. The van der Waals surface area contributed by atoms with Crippen LogP contribution in [0.1, 0.15) is 11.4 Å². The van der Waals surface area contributed by atoms with E-state index in [1.54, 1.807) is 44.2 Å². The second-order valence-electron chi connectivity index (χ2n) is 6.48. The molecule has 0 saturated carbocycles. The molecular weight excluding hydrogens is 328 g/mol. The number of sulfonamides is 1. The number of benzene rings is 1. The van der Waals surface area contributed by atoms with E-state index in [0.29, 0.717) is 11.4 Å². The van der Waals surface area contributed by atoms with E-state index in [-0.39, 0.29) is 10.8 Å². The highest BCUT2D eigenvalue weighted by Gasteiger charge is 2.17. The first-order chi connectivity index (χ1) is 10.5. The van der Waals surface area contributed by atoms with Gasteiger partial charge in [0.05, 0.1) is 4.90 Å². The Kier molecular flexibility index (Phi) is 4.76. The molecular formula is C15H22N4O2SSi. The summed E-state index contributed by atoms with van der Waals surface area (Å²) in [6.45, 7) is 10.1. The van der Waals surface area contributed by atoms with Gasteiger partial charge in [-0.05, 0) is 44.2 Å². The highest BCUT2D eigenvalue weighted by atomic mass is 32.2. The van der Waals surface area contributed by atoms with Crippen molar-refractivity contribution in [1.29, 1.82) is 0 Å². The number of nitrogens with one attached hydrogen (secondary N) is 2. The molecule has 1 heterocycles. The second-order valence-corrected chi connectivity index (χ2v) is 12.9. The van der Waals surface area contributed by atoms with Crippen molar-refractivity contribution in [2.75, 3.05) is 9.70 Å². The van der Waals surface area contributed by atoms with Crippen LogP contribution < -0.4 is 9.70 Å². The molecule has 0 atom stereocenters. The average molecular weight is 351 g/mol. The maximum atomic E-state index is 12.4. The van der Waals surface area contributed by atoms with E-state index in [1.165, 1.54) is 0 Å². The van der Waals surface area contributed by atoms with E-state index in [2.05, 4.69) is 39.3 Å². The molecule has 6 nitrogen and oxygen atoms in total. The van der Waals surface area contributed by atoms with Crippen molar-refractivity contribution in [3.05, 3.63) is 41.7 Å². The Labute approximate surface area is 138 Å². The highest BCUT2D eigenvalue weighted by Crippen LogP contribution is 2.18. The molecule has 0 aliphatic rings. The molecule has 0 unspecified atom stereocenters. The molecule has 1 aromatic heterocycles. The van der Waals surface area contributed by atoms with Gasteiger partial charge in [-0.15, -0.1) is 0 Å². The lowest BCUT2D eigenvalue weighted by molar-refractivity contribution is 0.601. The first-order valence-corrected chi connectivity index (χ1v) is 12.3. The molecule has 0 saturated heterocycles. The molecule has 0 bridgehead atoms. The van der Waals surface area contributed by atoms with Crippen LogP contribution in [0.2, 0.25) is 19.6 Å². The lowest BCUT2D eigenvalue weighted by Crippen LogP contribution is -2.32. The first-order valence-electron chi connectivity index (χ1n) is 7.28. The Morgan fingerprint density at radius 2 is 1.48 bits per heavy atom. The molecule has 0 amide bonds. The normalized spacial score (nSPS) is 12.0. The quantitative estimate of drug-likeness (QED) is 0.809. The molecule has 124 valence electrons. The van der Waals surface area contributed by atoms with Crippen molar-refractivity contribution >= 4 is 29.9 Å². The molecule has 2 N–H and O–H groups in total. The predicted octanol–water partition coefficient (Wildman–Crippen LogP) is 3.14. The van der Waals surface area contributed by atoms with Crippen LogP contribution in [0.3, 0.4) is 0 Å². The van der Waals surface area contributed by atoms with Crippen LogP contribution >= 0.6 is 0 Å². The van der Waals surface area contributed by atoms with Crippen molar-refractivity contribution in [1.82, 2.24) is 9.97 Å². The van der Waals surface area contributed by atoms with E-state index in [0.717, 1.165) is 5.69 Å². The standard InChI is InChI=1S/C15H22N4O2SSi/c1-11-10-12(2)17-15(16-11)18-22(20,21)14-8-6-13(7-9-14)19-23(3,4)5/h6-10,19H,1-5H3,(H,16,17,18). The minimum atomic E-state index is -3.70. The molecule has 8 heteroatoms. The fraction of sp³-hybridized carbons (Fsp3) is 0.333. The van der Waals surface area contributed by atoms with Crippen molar-refractivity contribution in [3.8, 4) is 0 Å². The second kappa shape index (κ2) is 6.29. The number of hydrogen-bond donors (Lipinski definition) is 2. The Morgan fingerprint density at radius 3 is 1.96 bits per heavy atom. The van der Waals surface area contributed by atoms with Crippen molar-refractivity contribution in [3.63, 3.8) is 0 Å². The van der Waals surface area contributed by atoms with Crippen molar-refractivity contribution in [2.24, 2.45) is 0 Å². The summed E-state index contributed by atoms with van der Waals surface area (Å²) in [6, 6.07) is 8.49. The Balaban J connectivity index is 2.22. The third-order valence-electron chi connectivity index (χ3n) is 2.89. The van der Waals surface area contributed by atoms with Gasteiger partial charge in [0, 0.05) is 17.1 Å². The van der Waals surface area contributed by atoms with Gasteiger partial charge in [0.1, 0.15) is 8.24 Å². The zero-order valence-electron chi connectivity index (χ0n) is 14.0. The fourth-order valence-electron chi connectivity index (χ4n) is 2.10. The topological polar surface area (TPSA) is 84.0 Å². The predicted molar refractivity (Wildman–Crippen MR) is 95.7 cm³/mol. The van der Waals surface area contributed by atoms with Crippen LogP contribution in [-0.4, -0.2) is 26.6 Å². The minimum Gasteiger partial charge on any atom is -0.411 e. The SMILES string of the molecule is Cc1cc(C)nc(NS(=O)(=O)c2ccc(N[Si](C)(C)C)cc2)n1. The number of aromatic nitrogens is 2. The summed E-state index contributed by atoms with van der Waals surface area (Å²) >= 11 is 0. The van der Waals surface area contributed by atoms with Gasteiger partial charge in [-0.2, -0.15) is 0 Å². The molecule has 0 spiro atoms. The van der Waals surface area contributed by atoms with Crippen LogP contribution in [0.25, 0.3) is 0 Å². The van der Waals surface area contributed by atoms with Crippen LogP contribution in [0.5, 0.6) is 0 Å². The molecule has 0 radical (unpaired) electrons. The van der Waals surface area contributed by atoms with E-state index in [4.69, 9.17) is 0 Å². The van der Waals surface area contributed by atoms with E-state index in [9.17, 15) is 8.42 Å². The maximum absolute atomic E-state index is 12.4. The number of rotatable bonds is 5. The Morgan fingerprint density at radius 1 is 0.957 bits per heavy atom. The van der Waals surface area contributed by atoms with Gasteiger partial charge in [0.15, 0.2) is 0 Å². The van der Waals surface area contributed by atoms with Gasteiger partial charge in [-0.25, -0.2) is 23.1 Å². The van der Waals surface area contributed by atoms with Gasteiger partial charge >= 0.3 is 0 Å². The molecule has 0 aliphatic carbocycles. The highest BCUT2D eigenvalue weighted by molar-refractivity contribution is 7.92. The summed E-state index contributed by atoms with van der Waals surface area (Å²) in [5.74, 6) is 0.0896. The summed E-state index contributed by atoms with van der Waals surface area (Å²) in [7, 11) is -5.17. The minimum absolute atomic E-state index is 0.0896. The van der Waals surface area contributed by atoms with Crippen LogP contribution in [-0.2, 0) is 10.0 Å². The van der Waals surface area contributed by atoms with Gasteiger partial charge in [0.2, 0.25) is 5.95 Å². The third kappa shape index (κ3) is 5.04. The fourth-order valence-corrected chi connectivity index (χ4v) is 4.08. The molecule has 2 aromatic rings. The summed E-state index contributed by atoms with van der Waals surface area (Å²) in [6.07, 6.45) is 0. The van der Waals surface area contributed by atoms with Crippen LogP contribution in [0.4, 0.5) is 11.6 Å². The van der Waals surface area contributed by atoms with Crippen LogP contribution in [0.15, 0.2) is 35.2 Å². The lowest BCUT2D eigenvalue weighted by Gasteiger charge is -2.19. The van der Waals surface area contributed by atoms with Crippen molar-refractivity contribution in [2.45, 2.75) is 38.4 Å². The summed E-state index contributed by atoms with van der Waals surface area (Å²) < 4.78 is 27.3. The van der Waals surface area contributed by atoms with Gasteiger partial charge in [0.25, 0.3) is 10.0 Å². The van der Waals surface area contributed by atoms with Crippen LogP contribution in [0, 0.1) is 13.8 Å². The van der Waals surface area contributed by atoms with E-state index < -0.39 is 18.3 Å². The average Bonchev–Trinajstić information content (AvgIpc) is 2.35. The van der Waals surface area contributed by atoms with E-state index in [1.807, 2.05) is 0 Å². The Bertz CT molecular complexity index is 779. The lowest BCUT2D eigenvalue weighted by atomic mass is 10.3. The molecule has 0 aliphatic heterocycles. The maximum Gasteiger partial charge on any atom is 0.264 e. The first kappa shape index (κ1) is 17.4. The summed E-state index contributed by atoms with van der Waals surface area (Å²) in [5, 5.41) is 0. The Hall–Kier alpha value is -1.93. The molecule has 1 aromatic carbocycles. The molecule has 0 fully saturated rings. The number of aryl methyl sites for hydroxylation is 2. The largest absolute Gasteiger partial charge is 0.411 e. The van der Waals surface area contributed by atoms with E-state index >= 15 is 0 Å². The zero-order valence-corrected chi connectivity index (χ0v) is 15.8. The van der Waals surface area contributed by atoms with Gasteiger partial charge < -0.3 is 4.98 Å². The molecule has 23 heavy (non-hydrogen) atoms. The van der Waals surface area contributed by atoms with Gasteiger partial charge in [-0.3, -0.25) is 0 Å². The van der Waals surface area contributed by atoms with Crippen molar-refractivity contribution < 1.29 is 8.42 Å². The number of anilines is 2. The third-order valence-corrected chi connectivity index (χ3v) is 5.27. The number of nitrogens with zero attached hydrogens (tertiary/aromatic N) is 2. The smallest absolute Gasteiger partial charge is 0.264 e. The summed E-state index contributed by atoms with van der Waals surface area (Å²) in [5.41, 5.74) is 2.35. The van der Waals surface area contributed by atoms with Gasteiger partial charge in [-0.1, -0.05) is 19.6 Å².